The Labute approximate surface area is 106 Å². The van der Waals surface area contributed by atoms with Crippen molar-refractivity contribution in [1.82, 2.24) is 0 Å². The van der Waals surface area contributed by atoms with E-state index in [-0.39, 0.29) is 17.4 Å². The van der Waals surface area contributed by atoms with E-state index in [0.717, 1.165) is 11.3 Å². The van der Waals surface area contributed by atoms with Crippen LogP contribution in [-0.4, -0.2) is 31.1 Å². The molecule has 0 saturated carbocycles. The highest BCUT2D eigenvalue weighted by atomic mass is 32.2. The maximum atomic E-state index is 11.3. The molecule has 0 radical (unpaired) electrons. The SMILES string of the molecule is CCc1ccc(CC(O)C2CCS(=O)(=O)C2)s1. The van der Waals surface area contributed by atoms with E-state index in [0.29, 0.717) is 12.8 Å². The van der Waals surface area contributed by atoms with Crippen LogP contribution in [0, 0.1) is 5.92 Å². The summed E-state index contributed by atoms with van der Waals surface area (Å²) in [5.74, 6) is 0.312. The molecular formula is C12H18O3S2. The number of rotatable bonds is 4. The first kappa shape index (κ1) is 13.1. The Morgan fingerprint density at radius 2 is 2.18 bits per heavy atom. The zero-order chi connectivity index (χ0) is 12.5. The van der Waals surface area contributed by atoms with Crippen LogP contribution in [0.3, 0.4) is 0 Å². The second-order valence-electron chi connectivity index (χ2n) is 4.66. The summed E-state index contributed by atoms with van der Waals surface area (Å²) >= 11 is 1.71. The lowest BCUT2D eigenvalue weighted by atomic mass is 9.99. The first-order valence-electron chi connectivity index (χ1n) is 5.96. The van der Waals surface area contributed by atoms with Crippen molar-refractivity contribution in [3.05, 3.63) is 21.9 Å². The van der Waals surface area contributed by atoms with Gasteiger partial charge < -0.3 is 5.11 Å². The number of aliphatic hydroxyl groups is 1. The van der Waals surface area contributed by atoms with Crippen LogP contribution in [0.25, 0.3) is 0 Å². The molecule has 1 saturated heterocycles. The molecule has 1 fully saturated rings. The fourth-order valence-electron chi connectivity index (χ4n) is 2.22. The average Bonchev–Trinajstić information content (AvgIpc) is 2.84. The van der Waals surface area contributed by atoms with Gasteiger partial charge in [0, 0.05) is 22.1 Å². The molecule has 0 bridgehead atoms. The predicted octanol–water partition coefficient (Wildman–Crippen LogP) is 1.65. The second-order valence-corrected chi connectivity index (χ2v) is 8.14. The van der Waals surface area contributed by atoms with Crippen molar-refractivity contribution in [2.75, 3.05) is 11.5 Å². The number of hydrogen-bond donors (Lipinski definition) is 1. The number of sulfone groups is 1. The summed E-state index contributed by atoms with van der Waals surface area (Å²) < 4.78 is 22.7. The lowest BCUT2D eigenvalue weighted by molar-refractivity contribution is 0.121. The van der Waals surface area contributed by atoms with E-state index in [4.69, 9.17) is 0 Å². The Hall–Kier alpha value is -0.390. The molecule has 5 heteroatoms. The third kappa shape index (κ3) is 3.30. The average molecular weight is 274 g/mol. The second kappa shape index (κ2) is 5.08. The zero-order valence-electron chi connectivity index (χ0n) is 9.93. The molecule has 2 rings (SSSR count). The van der Waals surface area contributed by atoms with Gasteiger partial charge in [-0.1, -0.05) is 6.92 Å². The molecule has 1 aromatic heterocycles. The summed E-state index contributed by atoms with van der Waals surface area (Å²) in [6.45, 7) is 2.11. The Morgan fingerprint density at radius 1 is 1.47 bits per heavy atom. The molecule has 0 spiro atoms. The Kier molecular flexibility index (Phi) is 3.90. The van der Waals surface area contributed by atoms with Crippen LogP contribution in [0.5, 0.6) is 0 Å². The van der Waals surface area contributed by atoms with Crippen molar-refractivity contribution in [3.8, 4) is 0 Å². The van der Waals surface area contributed by atoms with E-state index in [9.17, 15) is 13.5 Å². The molecule has 0 aromatic carbocycles. The first-order valence-corrected chi connectivity index (χ1v) is 8.60. The number of aliphatic hydroxyl groups excluding tert-OH is 1. The van der Waals surface area contributed by atoms with Crippen molar-refractivity contribution in [2.24, 2.45) is 5.92 Å². The smallest absolute Gasteiger partial charge is 0.150 e. The third-order valence-electron chi connectivity index (χ3n) is 3.29. The van der Waals surface area contributed by atoms with Crippen LogP contribution in [0.4, 0.5) is 0 Å². The van der Waals surface area contributed by atoms with Crippen molar-refractivity contribution < 1.29 is 13.5 Å². The van der Waals surface area contributed by atoms with Gasteiger partial charge in [-0.25, -0.2) is 8.42 Å². The zero-order valence-corrected chi connectivity index (χ0v) is 11.6. The lowest BCUT2D eigenvalue weighted by Gasteiger charge is -2.15. The van der Waals surface area contributed by atoms with Gasteiger partial charge in [0.15, 0.2) is 9.84 Å². The predicted molar refractivity (Wildman–Crippen MR) is 70.2 cm³/mol. The Balaban J connectivity index is 1.95. The Bertz CT molecular complexity index is 476. The summed E-state index contributed by atoms with van der Waals surface area (Å²) in [5.41, 5.74) is 0. The molecule has 1 aliphatic heterocycles. The molecule has 96 valence electrons. The van der Waals surface area contributed by atoms with Gasteiger partial charge in [-0.3, -0.25) is 0 Å². The topological polar surface area (TPSA) is 54.4 Å². The van der Waals surface area contributed by atoms with Gasteiger partial charge in [-0.2, -0.15) is 0 Å². The maximum Gasteiger partial charge on any atom is 0.150 e. The molecule has 1 aliphatic rings. The van der Waals surface area contributed by atoms with Gasteiger partial charge in [0.05, 0.1) is 17.6 Å². The first-order chi connectivity index (χ1) is 8.00. The van der Waals surface area contributed by atoms with Gasteiger partial charge >= 0.3 is 0 Å². The van der Waals surface area contributed by atoms with Crippen molar-refractivity contribution >= 4 is 21.2 Å². The van der Waals surface area contributed by atoms with E-state index in [2.05, 4.69) is 13.0 Å². The minimum absolute atomic E-state index is 0.0767. The summed E-state index contributed by atoms with van der Waals surface area (Å²) in [6, 6.07) is 4.12. The lowest BCUT2D eigenvalue weighted by Crippen LogP contribution is -2.23. The maximum absolute atomic E-state index is 11.3. The molecule has 2 atom stereocenters. The van der Waals surface area contributed by atoms with Gasteiger partial charge in [-0.15, -0.1) is 11.3 Å². The molecular weight excluding hydrogens is 256 g/mol. The van der Waals surface area contributed by atoms with E-state index >= 15 is 0 Å². The van der Waals surface area contributed by atoms with Gasteiger partial charge in [0.25, 0.3) is 0 Å². The monoisotopic (exact) mass is 274 g/mol. The van der Waals surface area contributed by atoms with Crippen LogP contribution in [0.2, 0.25) is 0 Å². The van der Waals surface area contributed by atoms with E-state index < -0.39 is 15.9 Å². The normalized spacial score (nSPS) is 24.9. The van der Waals surface area contributed by atoms with Crippen LogP contribution in [-0.2, 0) is 22.7 Å². The van der Waals surface area contributed by atoms with Crippen LogP contribution < -0.4 is 0 Å². The molecule has 0 aliphatic carbocycles. The minimum Gasteiger partial charge on any atom is -0.392 e. The molecule has 17 heavy (non-hydrogen) atoms. The summed E-state index contributed by atoms with van der Waals surface area (Å²) in [7, 11) is -2.89. The fraction of sp³-hybridized carbons (Fsp3) is 0.667. The highest BCUT2D eigenvalue weighted by Crippen LogP contribution is 2.26. The van der Waals surface area contributed by atoms with Crippen molar-refractivity contribution in [2.45, 2.75) is 32.3 Å². The van der Waals surface area contributed by atoms with E-state index in [1.54, 1.807) is 11.3 Å². The van der Waals surface area contributed by atoms with E-state index in [1.165, 1.54) is 4.88 Å². The highest BCUT2D eigenvalue weighted by Gasteiger charge is 2.32. The van der Waals surface area contributed by atoms with E-state index in [1.807, 2.05) is 6.07 Å². The van der Waals surface area contributed by atoms with Gasteiger partial charge in [0.1, 0.15) is 0 Å². The summed E-state index contributed by atoms with van der Waals surface area (Å²) in [5, 5.41) is 10.1. The summed E-state index contributed by atoms with van der Waals surface area (Å²) in [6.07, 6.45) is 1.69. The molecule has 3 nitrogen and oxygen atoms in total. The van der Waals surface area contributed by atoms with Crippen molar-refractivity contribution in [3.63, 3.8) is 0 Å². The number of thiophene rings is 1. The quantitative estimate of drug-likeness (QED) is 0.908. The van der Waals surface area contributed by atoms with Gasteiger partial charge in [-0.05, 0) is 25.0 Å². The number of hydrogen-bond acceptors (Lipinski definition) is 4. The van der Waals surface area contributed by atoms with Crippen molar-refractivity contribution in [1.29, 1.82) is 0 Å². The Morgan fingerprint density at radius 3 is 2.71 bits per heavy atom. The molecule has 1 N–H and O–H groups in total. The van der Waals surface area contributed by atoms with Crippen LogP contribution >= 0.6 is 11.3 Å². The third-order valence-corrected chi connectivity index (χ3v) is 6.33. The number of aryl methyl sites for hydroxylation is 1. The highest BCUT2D eigenvalue weighted by molar-refractivity contribution is 7.91. The largest absolute Gasteiger partial charge is 0.392 e. The standard InChI is InChI=1S/C12H18O3S2/c1-2-10-3-4-11(16-10)7-12(13)9-5-6-17(14,15)8-9/h3-4,9,12-13H,2,5-8H2,1H3. The van der Waals surface area contributed by atoms with Gasteiger partial charge in [0.2, 0.25) is 0 Å². The molecule has 2 unspecified atom stereocenters. The van der Waals surface area contributed by atoms with Crippen LogP contribution in [0.1, 0.15) is 23.1 Å². The molecule has 2 heterocycles. The summed E-state index contributed by atoms with van der Waals surface area (Å²) in [4.78, 5) is 2.46. The molecule has 0 amide bonds. The minimum atomic E-state index is -2.89. The molecule has 1 aromatic rings. The van der Waals surface area contributed by atoms with Crippen LogP contribution in [0.15, 0.2) is 12.1 Å². The fourth-order valence-corrected chi connectivity index (χ4v) is 5.10.